The van der Waals surface area contributed by atoms with Crippen LogP contribution in [-0.4, -0.2) is 62.3 Å². The number of fused-ring (bicyclic) bond motifs is 1. The maximum absolute atomic E-state index is 13.0. The highest BCUT2D eigenvalue weighted by molar-refractivity contribution is 7.89. The third-order valence-electron chi connectivity index (χ3n) is 4.86. The van der Waals surface area contributed by atoms with Gasteiger partial charge in [-0.25, -0.2) is 8.42 Å². The number of carbonyl (C=O) groups is 1. The molecule has 0 aromatic heterocycles. The van der Waals surface area contributed by atoms with Crippen LogP contribution < -0.4 is 5.32 Å². The lowest BCUT2D eigenvalue weighted by molar-refractivity contribution is -0.128. The van der Waals surface area contributed by atoms with E-state index in [4.69, 9.17) is 0 Å². The van der Waals surface area contributed by atoms with Crippen molar-refractivity contribution in [2.24, 2.45) is 0 Å². The Kier molecular flexibility index (Phi) is 4.94. The first-order chi connectivity index (χ1) is 11.4. The van der Waals surface area contributed by atoms with Gasteiger partial charge in [-0.3, -0.25) is 9.69 Å². The molecule has 1 amide bonds. The lowest BCUT2D eigenvalue weighted by Gasteiger charge is -2.34. The fourth-order valence-corrected chi connectivity index (χ4v) is 4.84. The molecule has 1 N–H and O–H groups in total. The van der Waals surface area contributed by atoms with Gasteiger partial charge in [0.1, 0.15) is 6.04 Å². The van der Waals surface area contributed by atoms with E-state index in [-0.39, 0.29) is 18.5 Å². The van der Waals surface area contributed by atoms with E-state index in [1.165, 1.54) is 4.31 Å². The van der Waals surface area contributed by atoms with Crippen LogP contribution >= 0.6 is 0 Å². The Balaban J connectivity index is 1.84. The average molecular weight is 351 g/mol. The summed E-state index contributed by atoms with van der Waals surface area (Å²) in [5, 5.41) is 2.84. The lowest BCUT2D eigenvalue weighted by atomic mass is 10.0. The number of nitrogens with zero attached hydrogens (tertiary/aromatic N) is 2. The monoisotopic (exact) mass is 351 g/mol. The molecule has 0 radical (unpaired) electrons. The maximum Gasteiger partial charge on any atom is 0.243 e. The van der Waals surface area contributed by atoms with Crippen LogP contribution in [0.1, 0.15) is 31.7 Å². The van der Waals surface area contributed by atoms with Gasteiger partial charge in [-0.1, -0.05) is 26.0 Å². The molecular weight excluding hydrogens is 326 g/mol. The van der Waals surface area contributed by atoms with Gasteiger partial charge in [-0.2, -0.15) is 4.31 Å². The SMILES string of the molecule is CC(C)c1ccc(S(=O)(=O)N2CCCN3CCNC(=O)C3C2)cc1. The number of hydrogen-bond donors (Lipinski definition) is 1. The summed E-state index contributed by atoms with van der Waals surface area (Å²) in [7, 11) is -3.58. The number of rotatable bonds is 3. The minimum atomic E-state index is -3.58. The van der Waals surface area contributed by atoms with Crippen LogP contribution in [0.3, 0.4) is 0 Å². The summed E-state index contributed by atoms with van der Waals surface area (Å²) in [6.07, 6.45) is 0.743. The molecule has 2 aliphatic heterocycles. The van der Waals surface area contributed by atoms with E-state index in [1.54, 1.807) is 12.1 Å². The fraction of sp³-hybridized carbons (Fsp3) is 0.588. The number of benzene rings is 1. The van der Waals surface area contributed by atoms with Crippen molar-refractivity contribution in [3.05, 3.63) is 29.8 Å². The van der Waals surface area contributed by atoms with Crippen LogP contribution in [0, 0.1) is 0 Å². The minimum Gasteiger partial charge on any atom is -0.353 e. The maximum atomic E-state index is 13.0. The van der Waals surface area contributed by atoms with Gasteiger partial charge in [0.2, 0.25) is 15.9 Å². The first kappa shape index (κ1) is 17.4. The second kappa shape index (κ2) is 6.82. The van der Waals surface area contributed by atoms with Gasteiger partial charge >= 0.3 is 0 Å². The van der Waals surface area contributed by atoms with Gasteiger partial charge in [-0.15, -0.1) is 0 Å². The molecule has 2 saturated heterocycles. The van der Waals surface area contributed by atoms with E-state index in [1.807, 2.05) is 12.1 Å². The quantitative estimate of drug-likeness (QED) is 0.882. The summed E-state index contributed by atoms with van der Waals surface area (Å²) >= 11 is 0. The lowest BCUT2D eigenvalue weighted by Crippen LogP contribution is -2.58. The largest absolute Gasteiger partial charge is 0.353 e. The predicted molar refractivity (Wildman–Crippen MR) is 92.3 cm³/mol. The number of amides is 1. The highest BCUT2D eigenvalue weighted by atomic mass is 32.2. The van der Waals surface area contributed by atoms with Crippen LogP contribution in [0.15, 0.2) is 29.2 Å². The van der Waals surface area contributed by atoms with Crippen LogP contribution in [0.25, 0.3) is 0 Å². The van der Waals surface area contributed by atoms with E-state index < -0.39 is 10.0 Å². The van der Waals surface area contributed by atoms with Crippen LogP contribution in [-0.2, 0) is 14.8 Å². The van der Waals surface area contributed by atoms with E-state index in [0.29, 0.717) is 23.9 Å². The highest BCUT2D eigenvalue weighted by Gasteiger charge is 2.37. The van der Waals surface area contributed by atoms with Crippen molar-refractivity contribution >= 4 is 15.9 Å². The van der Waals surface area contributed by atoms with Crippen LogP contribution in [0.4, 0.5) is 0 Å². The number of sulfonamides is 1. The Hall–Kier alpha value is -1.44. The summed E-state index contributed by atoms with van der Waals surface area (Å²) in [6, 6.07) is 6.71. The van der Waals surface area contributed by atoms with Crippen LogP contribution in [0.2, 0.25) is 0 Å². The first-order valence-electron chi connectivity index (χ1n) is 8.51. The second-order valence-corrected chi connectivity index (χ2v) is 8.72. The Labute approximate surface area is 143 Å². The van der Waals surface area contributed by atoms with Gasteiger partial charge in [0, 0.05) is 32.7 Å². The Morgan fingerprint density at radius 1 is 1.12 bits per heavy atom. The van der Waals surface area contributed by atoms with E-state index in [9.17, 15) is 13.2 Å². The normalized spacial score (nSPS) is 23.6. The molecule has 1 aromatic carbocycles. The highest BCUT2D eigenvalue weighted by Crippen LogP contribution is 2.23. The zero-order valence-electron chi connectivity index (χ0n) is 14.2. The first-order valence-corrected chi connectivity index (χ1v) is 9.95. The molecule has 24 heavy (non-hydrogen) atoms. The van der Waals surface area contributed by atoms with Crippen molar-refractivity contribution in [3.8, 4) is 0 Å². The molecule has 7 heteroatoms. The van der Waals surface area contributed by atoms with Crippen molar-refractivity contribution in [2.75, 3.05) is 32.7 Å². The molecule has 0 spiro atoms. The number of hydrogen-bond acceptors (Lipinski definition) is 4. The van der Waals surface area contributed by atoms with Gasteiger partial charge < -0.3 is 5.32 Å². The summed E-state index contributed by atoms with van der Waals surface area (Å²) in [6.45, 7) is 7.01. The molecule has 6 nitrogen and oxygen atoms in total. The molecule has 1 atom stereocenters. The molecule has 0 bridgehead atoms. The zero-order valence-corrected chi connectivity index (χ0v) is 15.1. The van der Waals surface area contributed by atoms with E-state index in [0.717, 1.165) is 25.1 Å². The smallest absolute Gasteiger partial charge is 0.243 e. The Bertz CT molecular complexity index is 700. The molecule has 0 aliphatic carbocycles. The zero-order chi connectivity index (χ0) is 17.3. The third-order valence-corrected chi connectivity index (χ3v) is 6.73. The molecule has 1 unspecified atom stereocenters. The molecule has 2 fully saturated rings. The van der Waals surface area contributed by atoms with Crippen molar-refractivity contribution in [1.29, 1.82) is 0 Å². The summed E-state index contributed by atoms with van der Waals surface area (Å²) in [4.78, 5) is 14.5. The van der Waals surface area contributed by atoms with Crippen molar-refractivity contribution in [1.82, 2.24) is 14.5 Å². The molecule has 2 aliphatic rings. The van der Waals surface area contributed by atoms with Gasteiger partial charge in [-0.05, 0) is 30.0 Å². The second-order valence-electron chi connectivity index (χ2n) is 6.78. The molecule has 0 saturated carbocycles. The molecule has 1 aromatic rings. The average Bonchev–Trinajstić information content (AvgIpc) is 2.79. The minimum absolute atomic E-state index is 0.0708. The predicted octanol–water partition coefficient (Wildman–Crippen LogP) is 1.00. The molecule has 3 rings (SSSR count). The van der Waals surface area contributed by atoms with Gasteiger partial charge in [0.05, 0.1) is 4.90 Å². The van der Waals surface area contributed by atoms with E-state index in [2.05, 4.69) is 24.1 Å². The summed E-state index contributed by atoms with van der Waals surface area (Å²) in [5.41, 5.74) is 1.11. The van der Waals surface area contributed by atoms with Crippen molar-refractivity contribution in [3.63, 3.8) is 0 Å². The number of piperazine rings is 1. The summed E-state index contributed by atoms with van der Waals surface area (Å²) < 4.78 is 27.4. The van der Waals surface area contributed by atoms with Gasteiger partial charge in [0.25, 0.3) is 0 Å². The summed E-state index contributed by atoms with van der Waals surface area (Å²) in [5.74, 6) is 0.290. The number of carbonyl (C=O) groups excluding carboxylic acids is 1. The standard InChI is InChI=1S/C17H25N3O3S/c1-13(2)14-4-6-15(7-5-14)24(22,23)20-10-3-9-19-11-8-18-17(21)16(19)12-20/h4-7,13,16H,3,8-12H2,1-2H3,(H,18,21). The number of nitrogens with one attached hydrogen (secondary N) is 1. The topological polar surface area (TPSA) is 69.7 Å². The van der Waals surface area contributed by atoms with Gasteiger partial charge in [0.15, 0.2) is 0 Å². The van der Waals surface area contributed by atoms with Crippen molar-refractivity contribution in [2.45, 2.75) is 37.1 Å². The van der Waals surface area contributed by atoms with Crippen molar-refractivity contribution < 1.29 is 13.2 Å². The Morgan fingerprint density at radius 3 is 2.50 bits per heavy atom. The third kappa shape index (κ3) is 3.34. The molecule has 132 valence electrons. The molecule has 2 heterocycles. The van der Waals surface area contributed by atoms with E-state index >= 15 is 0 Å². The molecular formula is C17H25N3O3S. The Morgan fingerprint density at radius 2 is 1.83 bits per heavy atom. The fourth-order valence-electron chi connectivity index (χ4n) is 3.35. The van der Waals surface area contributed by atoms with Crippen LogP contribution in [0.5, 0.6) is 0 Å².